The summed E-state index contributed by atoms with van der Waals surface area (Å²) in [5, 5.41) is 0. The van der Waals surface area contributed by atoms with Gasteiger partial charge in [-0.15, -0.1) is 0 Å². The Kier molecular flexibility index (Phi) is 4.65. The van der Waals surface area contributed by atoms with E-state index in [1.165, 1.54) is 5.56 Å². The minimum Gasteiger partial charge on any atom is -0.294 e. The summed E-state index contributed by atoms with van der Waals surface area (Å²) in [6.07, 6.45) is 5.90. The second-order valence-electron chi connectivity index (χ2n) is 7.65. The molecule has 4 nitrogen and oxygen atoms in total. The van der Waals surface area contributed by atoms with Crippen LogP contribution < -0.4 is 4.90 Å². The van der Waals surface area contributed by atoms with Gasteiger partial charge >= 0.3 is 0 Å². The van der Waals surface area contributed by atoms with E-state index in [9.17, 15) is 9.59 Å². The standard InChI is InChI=1S/C23H24N2O2/c1-15(2)16-6-8-18(9-7-16)25-20-4-3-5-21(26)23(20)19(14-22(25)27)17-10-12-24-13-11-17/h6-13,15,19H,3-5,14H2,1-2H3. The van der Waals surface area contributed by atoms with Crippen LogP contribution in [0.2, 0.25) is 0 Å². The van der Waals surface area contributed by atoms with Gasteiger partial charge in [0, 0.05) is 48.1 Å². The molecule has 1 unspecified atom stereocenters. The Balaban J connectivity index is 1.80. The molecule has 1 atom stereocenters. The highest BCUT2D eigenvalue weighted by Gasteiger charge is 2.39. The van der Waals surface area contributed by atoms with Crippen LogP contribution in [-0.4, -0.2) is 16.7 Å². The molecule has 0 N–H and O–H groups in total. The monoisotopic (exact) mass is 360 g/mol. The van der Waals surface area contributed by atoms with E-state index in [1.54, 1.807) is 17.3 Å². The number of nitrogens with zero attached hydrogens (tertiary/aromatic N) is 2. The average Bonchev–Trinajstić information content (AvgIpc) is 2.68. The number of anilines is 1. The fourth-order valence-corrected chi connectivity index (χ4v) is 4.18. The van der Waals surface area contributed by atoms with Crippen molar-refractivity contribution in [2.75, 3.05) is 4.90 Å². The van der Waals surface area contributed by atoms with Gasteiger partial charge in [-0.1, -0.05) is 26.0 Å². The van der Waals surface area contributed by atoms with Crippen molar-refractivity contribution < 1.29 is 9.59 Å². The Bertz CT molecular complexity index is 898. The summed E-state index contributed by atoms with van der Waals surface area (Å²) < 4.78 is 0. The molecule has 1 aromatic heterocycles. The van der Waals surface area contributed by atoms with Crippen molar-refractivity contribution in [3.8, 4) is 0 Å². The number of pyridine rings is 1. The van der Waals surface area contributed by atoms with Gasteiger partial charge in [0.25, 0.3) is 0 Å². The molecular formula is C23H24N2O2. The molecule has 4 heteroatoms. The lowest BCUT2D eigenvalue weighted by atomic mass is 9.77. The predicted molar refractivity (Wildman–Crippen MR) is 105 cm³/mol. The van der Waals surface area contributed by atoms with Gasteiger partial charge in [-0.2, -0.15) is 0 Å². The number of hydrogen-bond donors (Lipinski definition) is 0. The van der Waals surface area contributed by atoms with Crippen LogP contribution in [0.25, 0.3) is 0 Å². The van der Waals surface area contributed by atoms with Gasteiger partial charge in [0.2, 0.25) is 5.91 Å². The summed E-state index contributed by atoms with van der Waals surface area (Å²) in [6, 6.07) is 12.0. The second-order valence-corrected chi connectivity index (χ2v) is 7.65. The van der Waals surface area contributed by atoms with E-state index < -0.39 is 0 Å². The van der Waals surface area contributed by atoms with E-state index >= 15 is 0 Å². The SMILES string of the molecule is CC(C)c1ccc(N2C(=O)CC(c3ccncc3)C3=C2CCCC3=O)cc1. The molecule has 0 radical (unpaired) electrons. The van der Waals surface area contributed by atoms with Gasteiger partial charge in [0.1, 0.15) is 0 Å². The predicted octanol–water partition coefficient (Wildman–Crippen LogP) is 4.73. The van der Waals surface area contributed by atoms with Gasteiger partial charge in [-0.05, 0) is 54.2 Å². The van der Waals surface area contributed by atoms with Crippen molar-refractivity contribution >= 4 is 17.4 Å². The topological polar surface area (TPSA) is 50.3 Å². The highest BCUT2D eigenvalue weighted by Crippen LogP contribution is 2.43. The normalized spacial score (nSPS) is 20.3. The van der Waals surface area contributed by atoms with Crippen LogP contribution in [-0.2, 0) is 9.59 Å². The maximum atomic E-state index is 13.1. The zero-order valence-electron chi connectivity index (χ0n) is 15.8. The van der Waals surface area contributed by atoms with Crippen molar-refractivity contribution in [2.24, 2.45) is 0 Å². The average molecular weight is 360 g/mol. The summed E-state index contributed by atoms with van der Waals surface area (Å²) >= 11 is 0. The van der Waals surface area contributed by atoms with E-state index in [0.29, 0.717) is 18.8 Å². The van der Waals surface area contributed by atoms with Crippen molar-refractivity contribution in [3.05, 3.63) is 71.2 Å². The highest BCUT2D eigenvalue weighted by atomic mass is 16.2. The molecule has 0 bridgehead atoms. The van der Waals surface area contributed by atoms with Crippen molar-refractivity contribution in [1.82, 2.24) is 4.98 Å². The Morgan fingerprint density at radius 1 is 1.00 bits per heavy atom. The first-order valence-corrected chi connectivity index (χ1v) is 9.65. The van der Waals surface area contributed by atoms with E-state index in [0.717, 1.165) is 35.4 Å². The molecule has 2 aromatic rings. The van der Waals surface area contributed by atoms with Gasteiger partial charge in [-0.25, -0.2) is 0 Å². The van der Waals surface area contributed by atoms with E-state index in [2.05, 4.69) is 31.0 Å². The Morgan fingerprint density at radius 2 is 1.70 bits per heavy atom. The third-order valence-corrected chi connectivity index (χ3v) is 5.60. The molecule has 2 heterocycles. The van der Waals surface area contributed by atoms with Crippen LogP contribution >= 0.6 is 0 Å². The van der Waals surface area contributed by atoms with E-state index in [4.69, 9.17) is 0 Å². The van der Waals surface area contributed by atoms with E-state index in [-0.39, 0.29) is 17.6 Å². The number of rotatable bonds is 3. The number of aromatic nitrogens is 1. The Hall–Kier alpha value is -2.75. The number of carbonyl (C=O) groups is 2. The van der Waals surface area contributed by atoms with Crippen molar-refractivity contribution in [1.29, 1.82) is 0 Å². The van der Waals surface area contributed by atoms with Crippen molar-refractivity contribution in [3.63, 3.8) is 0 Å². The molecule has 0 saturated carbocycles. The lowest BCUT2D eigenvalue weighted by Gasteiger charge is -2.38. The van der Waals surface area contributed by atoms with Gasteiger partial charge in [0.15, 0.2) is 5.78 Å². The van der Waals surface area contributed by atoms with Crippen LogP contribution in [0.3, 0.4) is 0 Å². The van der Waals surface area contributed by atoms with Gasteiger partial charge < -0.3 is 0 Å². The third-order valence-electron chi connectivity index (χ3n) is 5.60. The molecular weight excluding hydrogens is 336 g/mol. The van der Waals surface area contributed by atoms with Gasteiger partial charge in [0.05, 0.1) is 0 Å². The fourth-order valence-electron chi connectivity index (χ4n) is 4.18. The first-order chi connectivity index (χ1) is 13.1. The molecule has 0 saturated heterocycles. The molecule has 138 valence electrons. The zero-order chi connectivity index (χ0) is 19.0. The van der Waals surface area contributed by atoms with Crippen LogP contribution in [0.5, 0.6) is 0 Å². The number of hydrogen-bond acceptors (Lipinski definition) is 3. The molecule has 1 aliphatic heterocycles. The van der Waals surface area contributed by atoms with Gasteiger partial charge in [-0.3, -0.25) is 19.5 Å². The molecule has 1 aliphatic carbocycles. The summed E-state index contributed by atoms with van der Waals surface area (Å²) in [6.45, 7) is 4.31. The lowest BCUT2D eigenvalue weighted by Crippen LogP contribution is -2.40. The first-order valence-electron chi connectivity index (χ1n) is 9.65. The summed E-state index contributed by atoms with van der Waals surface area (Å²) in [5.41, 5.74) is 4.81. The Morgan fingerprint density at radius 3 is 2.37 bits per heavy atom. The Labute approximate surface area is 159 Å². The molecule has 0 fully saturated rings. The smallest absolute Gasteiger partial charge is 0.232 e. The minimum atomic E-state index is -0.158. The summed E-state index contributed by atoms with van der Waals surface area (Å²) in [4.78, 5) is 31.8. The number of benzene rings is 1. The maximum Gasteiger partial charge on any atom is 0.232 e. The fraction of sp³-hybridized carbons (Fsp3) is 0.348. The number of Topliss-reactive ketones (excluding diaryl/α,β-unsaturated/α-hetero) is 1. The van der Waals surface area contributed by atoms with Crippen molar-refractivity contribution in [2.45, 2.75) is 51.4 Å². The summed E-state index contributed by atoms with van der Waals surface area (Å²) in [5.74, 6) is 0.518. The maximum absolute atomic E-state index is 13.1. The molecule has 0 spiro atoms. The third kappa shape index (κ3) is 3.20. The van der Waals surface area contributed by atoms with Crippen LogP contribution in [0, 0.1) is 0 Å². The number of allylic oxidation sites excluding steroid dienone is 2. The largest absolute Gasteiger partial charge is 0.294 e. The molecule has 4 rings (SSSR count). The molecule has 2 aliphatic rings. The molecule has 27 heavy (non-hydrogen) atoms. The zero-order valence-corrected chi connectivity index (χ0v) is 15.8. The number of carbonyl (C=O) groups excluding carboxylic acids is 2. The van der Waals surface area contributed by atoms with Crippen LogP contribution in [0.1, 0.15) is 62.5 Å². The number of ketones is 1. The lowest BCUT2D eigenvalue weighted by molar-refractivity contribution is -0.119. The van der Waals surface area contributed by atoms with Crippen LogP contribution in [0.15, 0.2) is 60.1 Å². The second kappa shape index (κ2) is 7.10. The van der Waals surface area contributed by atoms with E-state index in [1.807, 2.05) is 24.3 Å². The quantitative estimate of drug-likeness (QED) is 0.795. The first kappa shape index (κ1) is 17.7. The molecule has 1 aromatic carbocycles. The minimum absolute atomic E-state index is 0.0579. The summed E-state index contributed by atoms with van der Waals surface area (Å²) in [7, 11) is 0. The molecule has 1 amide bonds. The number of amides is 1. The van der Waals surface area contributed by atoms with Crippen LogP contribution in [0.4, 0.5) is 5.69 Å². The highest BCUT2D eigenvalue weighted by molar-refractivity contribution is 6.07.